The molecule has 1 saturated heterocycles. The molecule has 0 saturated carbocycles. The molecule has 0 unspecified atom stereocenters. The number of hydrogen-bond acceptors (Lipinski definition) is 6. The molecule has 0 spiro atoms. The topological polar surface area (TPSA) is 105 Å². The predicted octanol–water partition coefficient (Wildman–Crippen LogP) is 2.12. The second-order valence-electron chi connectivity index (χ2n) is 7.64. The van der Waals surface area contributed by atoms with Crippen molar-refractivity contribution >= 4 is 15.9 Å². The van der Waals surface area contributed by atoms with E-state index >= 15 is 0 Å². The Morgan fingerprint density at radius 3 is 2.48 bits per heavy atom. The molecule has 2 aromatic rings. The molecule has 1 atom stereocenters. The summed E-state index contributed by atoms with van der Waals surface area (Å²) in [5.41, 5.74) is 1.32. The van der Waals surface area contributed by atoms with Gasteiger partial charge in [-0.1, -0.05) is 12.1 Å². The Balaban J connectivity index is 1.71. The van der Waals surface area contributed by atoms with Gasteiger partial charge in [0.05, 0.1) is 23.7 Å². The van der Waals surface area contributed by atoms with Crippen molar-refractivity contribution in [1.29, 1.82) is 0 Å². The van der Waals surface area contributed by atoms with Crippen LogP contribution in [0.15, 0.2) is 53.4 Å². The summed E-state index contributed by atoms with van der Waals surface area (Å²) >= 11 is 0. The van der Waals surface area contributed by atoms with Gasteiger partial charge in [0.15, 0.2) is 0 Å². The highest BCUT2D eigenvalue weighted by atomic mass is 32.2. The van der Waals surface area contributed by atoms with E-state index in [1.807, 2.05) is 0 Å². The molecular weight excluding hydrogens is 427 g/mol. The third kappa shape index (κ3) is 5.21. The molecular formula is C21H25FN2O6S. The van der Waals surface area contributed by atoms with Crippen LogP contribution in [-0.4, -0.2) is 55.2 Å². The van der Waals surface area contributed by atoms with Gasteiger partial charge >= 0.3 is 0 Å². The standard InChI is InChI=1S/C21H25FN2O6S/c1-21(2)19(20(25)23-26)24(12-14-30-21)31(27,28)18-9-7-17(8-10-18)29-13-11-15-3-5-16(22)6-4-15/h3-10,19,26H,11-14H2,1-2H3,(H,23,25)/t19-/m0/s1. The maximum atomic E-state index is 13.2. The van der Waals surface area contributed by atoms with E-state index < -0.39 is 27.6 Å². The molecule has 1 aliphatic rings. The van der Waals surface area contributed by atoms with Gasteiger partial charge in [-0.15, -0.1) is 0 Å². The molecule has 0 bridgehead atoms. The van der Waals surface area contributed by atoms with Crippen molar-refractivity contribution in [3.8, 4) is 5.75 Å². The maximum absolute atomic E-state index is 13.2. The van der Waals surface area contributed by atoms with Crippen molar-refractivity contribution in [3.05, 3.63) is 59.9 Å². The van der Waals surface area contributed by atoms with Crippen LogP contribution in [0, 0.1) is 5.82 Å². The average Bonchev–Trinajstić information content (AvgIpc) is 2.74. The number of morpholine rings is 1. The van der Waals surface area contributed by atoms with Crippen LogP contribution in [0.2, 0.25) is 0 Å². The van der Waals surface area contributed by atoms with Crippen LogP contribution in [0.5, 0.6) is 5.75 Å². The van der Waals surface area contributed by atoms with Crippen molar-refractivity contribution < 1.29 is 32.3 Å². The number of hydroxylamine groups is 1. The number of rotatable bonds is 7. The van der Waals surface area contributed by atoms with E-state index in [-0.39, 0.29) is 23.9 Å². The Morgan fingerprint density at radius 2 is 1.87 bits per heavy atom. The lowest BCUT2D eigenvalue weighted by Gasteiger charge is -2.43. The van der Waals surface area contributed by atoms with E-state index in [1.54, 1.807) is 26.0 Å². The van der Waals surface area contributed by atoms with E-state index in [0.717, 1.165) is 9.87 Å². The molecule has 10 heteroatoms. The minimum Gasteiger partial charge on any atom is -0.493 e. The number of benzene rings is 2. The van der Waals surface area contributed by atoms with E-state index in [9.17, 15) is 17.6 Å². The molecule has 3 rings (SSSR count). The number of carbonyl (C=O) groups is 1. The molecule has 1 heterocycles. The Labute approximate surface area is 180 Å². The SMILES string of the molecule is CC1(C)OCCN(S(=O)(=O)c2ccc(OCCc3ccc(F)cc3)cc2)[C@H]1C(=O)NO. The molecule has 0 aromatic heterocycles. The van der Waals surface area contributed by atoms with Gasteiger partial charge in [-0.2, -0.15) is 4.31 Å². The minimum atomic E-state index is -4.03. The number of nitrogens with one attached hydrogen (secondary N) is 1. The first kappa shape index (κ1) is 23.1. The van der Waals surface area contributed by atoms with E-state index in [4.69, 9.17) is 14.7 Å². The highest BCUT2D eigenvalue weighted by Crippen LogP contribution is 2.30. The first-order valence-electron chi connectivity index (χ1n) is 9.72. The fourth-order valence-corrected chi connectivity index (χ4v) is 5.19. The summed E-state index contributed by atoms with van der Waals surface area (Å²) in [6, 6.07) is 10.8. The minimum absolute atomic E-state index is 0.00757. The van der Waals surface area contributed by atoms with Gasteiger partial charge in [-0.25, -0.2) is 18.3 Å². The lowest BCUT2D eigenvalue weighted by atomic mass is 9.96. The van der Waals surface area contributed by atoms with Crippen LogP contribution in [0.25, 0.3) is 0 Å². The molecule has 168 valence electrons. The number of hydrogen-bond donors (Lipinski definition) is 2. The number of ether oxygens (including phenoxy) is 2. The van der Waals surface area contributed by atoms with Crippen LogP contribution in [0.3, 0.4) is 0 Å². The fourth-order valence-electron chi connectivity index (χ4n) is 3.50. The zero-order chi connectivity index (χ0) is 22.6. The molecule has 0 radical (unpaired) electrons. The van der Waals surface area contributed by atoms with Gasteiger partial charge in [-0.3, -0.25) is 10.0 Å². The van der Waals surface area contributed by atoms with Crippen LogP contribution in [0.1, 0.15) is 19.4 Å². The van der Waals surface area contributed by atoms with E-state index in [0.29, 0.717) is 18.8 Å². The number of halogens is 1. The zero-order valence-electron chi connectivity index (χ0n) is 17.2. The summed E-state index contributed by atoms with van der Waals surface area (Å²) in [6.07, 6.45) is 0.571. The summed E-state index contributed by atoms with van der Waals surface area (Å²) in [7, 11) is -4.03. The second kappa shape index (κ2) is 9.31. The zero-order valence-corrected chi connectivity index (χ0v) is 18.1. The van der Waals surface area contributed by atoms with Crippen molar-refractivity contribution in [3.63, 3.8) is 0 Å². The normalized spacial score (nSPS) is 19.0. The summed E-state index contributed by atoms with van der Waals surface area (Å²) in [5.74, 6) is -0.689. The molecule has 31 heavy (non-hydrogen) atoms. The Hall–Kier alpha value is -2.53. The monoisotopic (exact) mass is 452 g/mol. The highest BCUT2D eigenvalue weighted by molar-refractivity contribution is 7.89. The molecule has 0 aliphatic carbocycles. The van der Waals surface area contributed by atoms with Crippen molar-refractivity contribution in [1.82, 2.24) is 9.79 Å². The molecule has 1 amide bonds. The van der Waals surface area contributed by atoms with Gasteiger partial charge in [-0.05, 0) is 55.8 Å². The number of carbonyl (C=O) groups excluding carboxylic acids is 1. The Bertz CT molecular complexity index is 1010. The molecule has 2 N–H and O–H groups in total. The Morgan fingerprint density at radius 1 is 1.23 bits per heavy atom. The molecule has 1 fully saturated rings. The quantitative estimate of drug-likeness (QED) is 0.493. The first-order chi connectivity index (χ1) is 14.6. The van der Waals surface area contributed by atoms with Crippen molar-refractivity contribution in [2.24, 2.45) is 0 Å². The third-order valence-corrected chi connectivity index (χ3v) is 6.97. The van der Waals surface area contributed by atoms with Crippen molar-refractivity contribution in [2.45, 2.75) is 36.8 Å². The lowest BCUT2D eigenvalue weighted by molar-refractivity contribution is -0.154. The van der Waals surface area contributed by atoms with Crippen LogP contribution in [0.4, 0.5) is 4.39 Å². The third-order valence-electron chi connectivity index (χ3n) is 5.09. The largest absolute Gasteiger partial charge is 0.493 e. The predicted molar refractivity (Wildman–Crippen MR) is 110 cm³/mol. The molecule has 2 aromatic carbocycles. The lowest BCUT2D eigenvalue weighted by Crippen LogP contribution is -2.64. The smallest absolute Gasteiger partial charge is 0.264 e. The van der Waals surface area contributed by atoms with Gasteiger partial charge in [0, 0.05) is 13.0 Å². The fraction of sp³-hybridized carbons (Fsp3) is 0.381. The highest BCUT2D eigenvalue weighted by Gasteiger charge is 2.48. The summed E-state index contributed by atoms with van der Waals surface area (Å²) in [5, 5.41) is 9.08. The number of nitrogens with zero attached hydrogens (tertiary/aromatic N) is 1. The first-order valence-corrected chi connectivity index (χ1v) is 11.2. The summed E-state index contributed by atoms with van der Waals surface area (Å²) in [6.45, 7) is 3.61. The van der Waals surface area contributed by atoms with Crippen LogP contribution < -0.4 is 10.2 Å². The number of sulfonamides is 1. The molecule has 1 aliphatic heterocycles. The van der Waals surface area contributed by atoms with E-state index in [2.05, 4.69) is 0 Å². The van der Waals surface area contributed by atoms with Crippen molar-refractivity contribution in [2.75, 3.05) is 19.8 Å². The Kier molecular flexibility index (Phi) is 6.95. The van der Waals surface area contributed by atoms with Gasteiger partial charge in [0.25, 0.3) is 5.91 Å². The summed E-state index contributed by atoms with van der Waals surface area (Å²) in [4.78, 5) is 12.2. The van der Waals surface area contributed by atoms with Gasteiger partial charge in [0.1, 0.15) is 17.6 Å². The van der Waals surface area contributed by atoms with E-state index in [1.165, 1.54) is 41.9 Å². The number of amides is 1. The average molecular weight is 453 g/mol. The maximum Gasteiger partial charge on any atom is 0.264 e. The van der Waals surface area contributed by atoms with Gasteiger partial charge in [0.2, 0.25) is 10.0 Å². The van der Waals surface area contributed by atoms with Crippen LogP contribution in [-0.2, 0) is 26.0 Å². The van der Waals surface area contributed by atoms with Crippen LogP contribution >= 0.6 is 0 Å². The summed E-state index contributed by atoms with van der Waals surface area (Å²) < 4.78 is 51.5. The molecule has 8 nitrogen and oxygen atoms in total. The van der Waals surface area contributed by atoms with Gasteiger partial charge < -0.3 is 9.47 Å². The second-order valence-corrected chi connectivity index (χ2v) is 9.53.